The molecule has 1 aliphatic carbocycles. The molecule has 3 aromatic heterocycles. The van der Waals surface area contributed by atoms with Crippen molar-refractivity contribution in [2.45, 2.75) is 43.7 Å². The largest absolute Gasteiger partial charge is 0.349 e. The van der Waals surface area contributed by atoms with Crippen molar-refractivity contribution in [3.8, 4) is 0 Å². The molecule has 1 amide bonds. The zero-order valence-electron chi connectivity index (χ0n) is 16.4. The summed E-state index contributed by atoms with van der Waals surface area (Å²) in [6.07, 6.45) is -0.727. The maximum Gasteiger partial charge on any atom is 0.284 e. The molecule has 166 valence electrons. The van der Waals surface area contributed by atoms with Crippen LogP contribution in [-0.4, -0.2) is 48.3 Å². The molecule has 31 heavy (non-hydrogen) atoms. The van der Waals surface area contributed by atoms with Crippen LogP contribution in [0.2, 0.25) is 0 Å². The van der Waals surface area contributed by atoms with Gasteiger partial charge in [-0.3, -0.25) is 9.48 Å². The summed E-state index contributed by atoms with van der Waals surface area (Å²) in [6, 6.07) is 1.82. The topological polar surface area (TPSA) is 115 Å². The van der Waals surface area contributed by atoms with Gasteiger partial charge in [-0.1, -0.05) is 0 Å². The van der Waals surface area contributed by atoms with Gasteiger partial charge in [0, 0.05) is 38.2 Å². The molecule has 3 aromatic rings. The van der Waals surface area contributed by atoms with Crippen molar-refractivity contribution in [2.75, 3.05) is 10.6 Å². The van der Waals surface area contributed by atoms with Crippen molar-refractivity contribution in [3.63, 3.8) is 0 Å². The third kappa shape index (κ3) is 4.31. The fourth-order valence-corrected chi connectivity index (χ4v) is 3.60. The lowest BCUT2D eigenvalue weighted by Gasteiger charge is -2.34. The average Bonchev–Trinajstić information content (AvgIpc) is 3.26. The Morgan fingerprint density at radius 3 is 2.81 bits per heavy atom. The van der Waals surface area contributed by atoms with Gasteiger partial charge in [0.15, 0.2) is 5.69 Å². The van der Waals surface area contributed by atoms with Gasteiger partial charge in [-0.05, 0) is 18.6 Å². The molecule has 0 saturated heterocycles. The number of halogens is 4. The second-order valence-corrected chi connectivity index (χ2v) is 7.51. The van der Waals surface area contributed by atoms with E-state index in [1.165, 1.54) is 34.7 Å². The van der Waals surface area contributed by atoms with Crippen LogP contribution in [0.4, 0.5) is 29.2 Å². The monoisotopic (exact) mass is 440 g/mol. The number of amides is 1. The number of nitrogens with one attached hydrogen (secondary N) is 2. The molecule has 1 saturated carbocycles. The van der Waals surface area contributed by atoms with Crippen molar-refractivity contribution in [1.29, 1.82) is 0 Å². The van der Waals surface area contributed by atoms with Gasteiger partial charge in [-0.25, -0.2) is 27.1 Å². The number of aryl methyl sites for hydroxylation is 1. The lowest BCUT2D eigenvalue weighted by molar-refractivity contribution is -0.0423. The van der Waals surface area contributed by atoms with Gasteiger partial charge < -0.3 is 16.4 Å². The van der Waals surface area contributed by atoms with Crippen LogP contribution in [-0.2, 0) is 7.05 Å². The van der Waals surface area contributed by atoms with E-state index >= 15 is 0 Å². The van der Waals surface area contributed by atoms with Crippen LogP contribution in [0.1, 0.15) is 41.9 Å². The SMILES string of the molecule is Cn1cc(NC(=O)c2ccc3cnc(N[C@@H]4CCC(F)(F)C[C@@H]4N)nn23)c(C(F)F)n1. The summed E-state index contributed by atoms with van der Waals surface area (Å²) in [6.45, 7) is 0. The number of nitrogens with two attached hydrogens (primary N) is 1. The van der Waals surface area contributed by atoms with Crippen LogP contribution in [0.3, 0.4) is 0 Å². The summed E-state index contributed by atoms with van der Waals surface area (Å²) in [5.41, 5.74) is 5.76. The molecule has 2 atom stereocenters. The third-order valence-corrected chi connectivity index (χ3v) is 5.13. The summed E-state index contributed by atoms with van der Waals surface area (Å²) in [5.74, 6) is -3.36. The highest BCUT2D eigenvalue weighted by Crippen LogP contribution is 2.33. The molecule has 13 heteroatoms. The first-order valence-corrected chi connectivity index (χ1v) is 9.51. The molecule has 1 fully saturated rings. The second-order valence-electron chi connectivity index (χ2n) is 7.51. The van der Waals surface area contributed by atoms with Crippen LogP contribution >= 0.6 is 0 Å². The summed E-state index contributed by atoms with van der Waals surface area (Å²) in [4.78, 5) is 16.8. The highest BCUT2D eigenvalue weighted by atomic mass is 19.3. The molecule has 0 aliphatic heterocycles. The highest BCUT2D eigenvalue weighted by molar-refractivity contribution is 6.04. The van der Waals surface area contributed by atoms with Gasteiger partial charge in [0.2, 0.25) is 11.9 Å². The number of rotatable bonds is 5. The molecule has 0 unspecified atom stereocenters. The van der Waals surface area contributed by atoms with E-state index in [0.29, 0.717) is 5.52 Å². The van der Waals surface area contributed by atoms with E-state index in [1.54, 1.807) is 6.07 Å². The number of nitrogens with zero attached hydrogens (tertiary/aromatic N) is 5. The van der Waals surface area contributed by atoms with E-state index in [-0.39, 0.29) is 30.2 Å². The molecule has 9 nitrogen and oxygen atoms in total. The number of alkyl halides is 4. The van der Waals surface area contributed by atoms with Crippen LogP contribution in [0.15, 0.2) is 24.5 Å². The van der Waals surface area contributed by atoms with Crippen molar-refractivity contribution in [3.05, 3.63) is 35.9 Å². The Kier molecular flexibility index (Phi) is 5.29. The standard InChI is InChI=1S/C18H20F4N8O/c1-29-8-12(14(27-29)15(19)20)25-16(31)13-3-2-9-7-24-17(28-30(9)13)26-11-4-5-18(21,22)6-10(11)23/h2-3,7-8,10-11,15H,4-6,23H2,1H3,(H,25,31)(H,26,28)/t10-,11+/m0/s1. The average molecular weight is 440 g/mol. The Hall–Kier alpha value is -3.22. The van der Waals surface area contributed by atoms with Crippen molar-refractivity contribution < 1.29 is 22.4 Å². The van der Waals surface area contributed by atoms with Crippen molar-refractivity contribution in [1.82, 2.24) is 24.4 Å². The smallest absolute Gasteiger partial charge is 0.284 e. The molecule has 1 aliphatic rings. The molecule has 0 spiro atoms. The molecule has 0 bridgehead atoms. The molecule has 4 N–H and O–H groups in total. The molecule has 0 radical (unpaired) electrons. The van der Waals surface area contributed by atoms with Gasteiger partial charge in [-0.15, -0.1) is 5.10 Å². The maximum absolute atomic E-state index is 13.5. The Morgan fingerprint density at radius 2 is 2.10 bits per heavy atom. The number of anilines is 2. The molecule has 3 heterocycles. The zero-order chi connectivity index (χ0) is 22.3. The van der Waals surface area contributed by atoms with Gasteiger partial charge in [0.25, 0.3) is 12.3 Å². The second kappa shape index (κ2) is 7.80. The first kappa shape index (κ1) is 21.0. The van der Waals surface area contributed by atoms with E-state index in [2.05, 4.69) is 25.8 Å². The molecular weight excluding hydrogens is 420 g/mol. The third-order valence-electron chi connectivity index (χ3n) is 5.13. The minimum atomic E-state index is -2.86. The minimum absolute atomic E-state index is 0.0731. The van der Waals surface area contributed by atoms with Crippen LogP contribution in [0.5, 0.6) is 0 Å². The summed E-state index contributed by atoms with van der Waals surface area (Å²) >= 11 is 0. The van der Waals surface area contributed by atoms with Crippen LogP contribution < -0.4 is 16.4 Å². The quantitative estimate of drug-likeness (QED) is 0.526. The molecule has 0 aromatic carbocycles. The summed E-state index contributed by atoms with van der Waals surface area (Å²) in [5, 5.41) is 13.3. The Balaban J connectivity index is 1.55. The lowest BCUT2D eigenvalue weighted by atomic mass is 9.88. The number of hydrogen-bond donors (Lipinski definition) is 3. The molecular formula is C18H20F4N8O. The van der Waals surface area contributed by atoms with E-state index in [1.807, 2.05) is 0 Å². The van der Waals surface area contributed by atoms with Gasteiger partial charge in [0.05, 0.1) is 17.4 Å². The number of carbonyl (C=O) groups is 1. The fourth-order valence-electron chi connectivity index (χ4n) is 3.60. The lowest BCUT2D eigenvalue weighted by Crippen LogP contribution is -2.49. The number of fused-ring (bicyclic) bond motifs is 1. The Labute approximate surface area is 173 Å². The first-order chi connectivity index (χ1) is 14.6. The van der Waals surface area contributed by atoms with Gasteiger partial charge in [-0.2, -0.15) is 5.10 Å². The van der Waals surface area contributed by atoms with Gasteiger partial charge in [0.1, 0.15) is 5.69 Å². The molecule has 4 rings (SSSR count). The maximum atomic E-state index is 13.5. The summed E-state index contributed by atoms with van der Waals surface area (Å²) < 4.78 is 55.7. The Morgan fingerprint density at radius 1 is 1.32 bits per heavy atom. The van der Waals surface area contributed by atoms with E-state index in [0.717, 1.165) is 0 Å². The number of aromatic nitrogens is 5. The Bertz CT molecular complexity index is 1110. The minimum Gasteiger partial charge on any atom is -0.349 e. The summed E-state index contributed by atoms with van der Waals surface area (Å²) in [7, 11) is 1.46. The normalized spacial score (nSPS) is 20.9. The predicted octanol–water partition coefficient (Wildman–Crippen LogP) is 2.58. The van der Waals surface area contributed by atoms with Crippen molar-refractivity contribution in [2.24, 2.45) is 12.8 Å². The van der Waals surface area contributed by atoms with Gasteiger partial charge >= 0.3 is 0 Å². The number of hydrogen-bond acceptors (Lipinski definition) is 6. The first-order valence-electron chi connectivity index (χ1n) is 9.51. The fraction of sp³-hybridized carbons (Fsp3) is 0.444. The van der Waals surface area contributed by atoms with Crippen molar-refractivity contribution >= 4 is 23.1 Å². The number of carbonyl (C=O) groups excluding carboxylic acids is 1. The van der Waals surface area contributed by atoms with E-state index < -0.39 is 42.5 Å². The predicted molar refractivity (Wildman–Crippen MR) is 103 cm³/mol. The zero-order valence-corrected chi connectivity index (χ0v) is 16.4. The van der Waals surface area contributed by atoms with Crippen LogP contribution in [0.25, 0.3) is 5.52 Å². The highest BCUT2D eigenvalue weighted by Gasteiger charge is 2.40. The van der Waals surface area contributed by atoms with Crippen LogP contribution in [0, 0.1) is 0 Å². The van der Waals surface area contributed by atoms with E-state index in [9.17, 15) is 22.4 Å². The van der Waals surface area contributed by atoms with E-state index in [4.69, 9.17) is 5.73 Å².